The van der Waals surface area contributed by atoms with Gasteiger partial charge in [0, 0.05) is 32.3 Å². The van der Waals surface area contributed by atoms with Gasteiger partial charge in [0.1, 0.15) is 5.82 Å². The predicted octanol–water partition coefficient (Wildman–Crippen LogP) is 0.457. The second-order valence-electron chi connectivity index (χ2n) is 5.22. The molecule has 0 saturated carbocycles. The van der Waals surface area contributed by atoms with E-state index in [1.807, 2.05) is 0 Å². The zero-order valence-corrected chi connectivity index (χ0v) is 12.6. The smallest absolute Gasteiger partial charge is 0.314 e. The summed E-state index contributed by atoms with van der Waals surface area (Å²) < 4.78 is 0. The third kappa shape index (κ3) is 4.28. The third-order valence-electron chi connectivity index (χ3n) is 3.51. The van der Waals surface area contributed by atoms with Gasteiger partial charge in [-0.25, -0.2) is 4.98 Å². The zero-order chi connectivity index (χ0) is 15.9. The van der Waals surface area contributed by atoms with Gasteiger partial charge in [-0.1, -0.05) is 6.07 Å². The molecule has 7 heteroatoms. The van der Waals surface area contributed by atoms with Crippen molar-refractivity contribution in [3.05, 3.63) is 23.9 Å². The van der Waals surface area contributed by atoms with E-state index in [0.717, 1.165) is 18.5 Å². The number of nitrogens with zero attached hydrogens (tertiary/aromatic N) is 2. The van der Waals surface area contributed by atoms with Crippen molar-refractivity contribution < 1.29 is 14.4 Å². The second-order valence-corrected chi connectivity index (χ2v) is 5.22. The molecule has 0 atom stereocenters. The number of rotatable bonds is 5. The summed E-state index contributed by atoms with van der Waals surface area (Å²) in [7, 11) is 0. The summed E-state index contributed by atoms with van der Waals surface area (Å²) in [6.07, 6.45) is 3.69. The molecule has 1 fully saturated rings. The molecule has 3 amide bonds. The van der Waals surface area contributed by atoms with Gasteiger partial charge in [-0.15, -0.1) is 0 Å². The fraction of sp³-hybridized carbons (Fsp3) is 0.467. The van der Waals surface area contributed by atoms with Crippen molar-refractivity contribution in [3.63, 3.8) is 0 Å². The highest BCUT2D eigenvalue weighted by Gasteiger charge is 2.19. The number of pyridine rings is 1. The molecule has 1 saturated heterocycles. The minimum Gasteiger partial charge on any atom is -0.348 e. The molecule has 1 aromatic heterocycles. The molecule has 0 bridgehead atoms. The lowest BCUT2D eigenvalue weighted by Crippen LogP contribution is -2.37. The van der Waals surface area contributed by atoms with Crippen LogP contribution >= 0.6 is 0 Å². The Kier molecular flexibility index (Phi) is 5.46. The van der Waals surface area contributed by atoms with Crippen molar-refractivity contribution in [2.45, 2.75) is 26.2 Å². The molecule has 0 spiro atoms. The molecule has 2 rings (SSSR count). The molecule has 0 radical (unpaired) electrons. The van der Waals surface area contributed by atoms with Crippen molar-refractivity contribution in [3.8, 4) is 0 Å². The maximum absolute atomic E-state index is 11.7. The van der Waals surface area contributed by atoms with Crippen LogP contribution in [0.1, 0.15) is 24.8 Å². The van der Waals surface area contributed by atoms with E-state index in [2.05, 4.69) is 15.6 Å². The Hall–Kier alpha value is -2.44. The summed E-state index contributed by atoms with van der Waals surface area (Å²) in [5, 5.41) is 5.02. The summed E-state index contributed by atoms with van der Waals surface area (Å²) >= 11 is 0. The van der Waals surface area contributed by atoms with E-state index in [0.29, 0.717) is 31.7 Å². The predicted molar refractivity (Wildman–Crippen MR) is 81.0 cm³/mol. The highest BCUT2D eigenvalue weighted by Crippen LogP contribution is 2.10. The Morgan fingerprint density at radius 1 is 1.36 bits per heavy atom. The number of aryl methyl sites for hydroxylation is 1. The minimum atomic E-state index is -0.737. The van der Waals surface area contributed by atoms with E-state index < -0.39 is 11.8 Å². The number of aromatic nitrogens is 1. The summed E-state index contributed by atoms with van der Waals surface area (Å²) in [6, 6.07) is 3.55. The van der Waals surface area contributed by atoms with Crippen molar-refractivity contribution in [2.24, 2.45) is 0 Å². The van der Waals surface area contributed by atoms with E-state index in [9.17, 15) is 14.4 Å². The Labute approximate surface area is 129 Å². The van der Waals surface area contributed by atoms with Crippen LogP contribution in [-0.4, -0.2) is 47.2 Å². The quantitative estimate of drug-likeness (QED) is 0.610. The fourth-order valence-electron chi connectivity index (χ4n) is 2.27. The Morgan fingerprint density at radius 2 is 2.18 bits per heavy atom. The van der Waals surface area contributed by atoms with E-state index >= 15 is 0 Å². The van der Waals surface area contributed by atoms with Crippen LogP contribution in [0.3, 0.4) is 0 Å². The fourth-order valence-corrected chi connectivity index (χ4v) is 2.27. The van der Waals surface area contributed by atoms with Gasteiger partial charge in [0.05, 0.1) is 0 Å². The monoisotopic (exact) mass is 304 g/mol. The molecule has 7 nitrogen and oxygen atoms in total. The van der Waals surface area contributed by atoms with Crippen LogP contribution in [0.4, 0.5) is 5.82 Å². The second kappa shape index (κ2) is 7.53. The highest BCUT2D eigenvalue weighted by molar-refractivity contribution is 6.39. The average molecular weight is 304 g/mol. The van der Waals surface area contributed by atoms with E-state index in [1.165, 1.54) is 0 Å². The number of amides is 3. The first-order valence-corrected chi connectivity index (χ1v) is 7.36. The third-order valence-corrected chi connectivity index (χ3v) is 3.51. The molecule has 22 heavy (non-hydrogen) atoms. The lowest BCUT2D eigenvalue weighted by molar-refractivity contribution is -0.136. The molecule has 0 aliphatic carbocycles. The van der Waals surface area contributed by atoms with Gasteiger partial charge in [0.2, 0.25) is 5.91 Å². The van der Waals surface area contributed by atoms with E-state index in [1.54, 1.807) is 30.2 Å². The molecule has 1 aromatic rings. The topological polar surface area (TPSA) is 91.4 Å². The zero-order valence-electron chi connectivity index (χ0n) is 12.6. The van der Waals surface area contributed by atoms with Crippen molar-refractivity contribution in [2.75, 3.05) is 25.0 Å². The van der Waals surface area contributed by atoms with Crippen molar-refractivity contribution in [1.29, 1.82) is 0 Å². The lowest BCUT2D eigenvalue weighted by atomic mass is 10.3. The van der Waals surface area contributed by atoms with Gasteiger partial charge >= 0.3 is 11.8 Å². The molecule has 2 heterocycles. The lowest BCUT2D eigenvalue weighted by Gasteiger charge is -2.15. The molecule has 2 N–H and O–H groups in total. The highest BCUT2D eigenvalue weighted by atomic mass is 16.2. The Balaban J connectivity index is 1.69. The normalized spacial score (nSPS) is 14.0. The molecule has 1 aliphatic heterocycles. The molecule has 0 unspecified atom stereocenters. The maximum Gasteiger partial charge on any atom is 0.314 e. The number of nitrogens with one attached hydrogen (secondary N) is 2. The van der Waals surface area contributed by atoms with E-state index in [4.69, 9.17) is 0 Å². The molecule has 118 valence electrons. The summed E-state index contributed by atoms with van der Waals surface area (Å²) in [5.74, 6) is -0.892. The number of hydrogen-bond donors (Lipinski definition) is 2. The van der Waals surface area contributed by atoms with Gasteiger partial charge in [0.25, 0.3) is 0 Å². The molecule has 0 aromatic carbocycles. The van der Waals surface area contributed by atoms with Gasteiger partial charge in [0.15, 0.2) is 0 Å². The number of hydrogen-bond acceptors (Lipinski definition) is 4. The average Bonchev–Trinajstić information content (AvgIpc) is 2.91. The van der Waals surface area contributed by atoms with Crippen molar-refractivity contribution >= 4 is 23.5 Å². The number of carbonyl (C=O) groups is 3. The molecular weight excluding hydrogens is 284 g/mol. The molecule has 1 aliphatic rings. The Bertz CT molecular complexity index is 574. The van der Waals surface area contributed by atoms with Crippen LogP contribution in [0.25, 0.3) is 0 Å². The minimum absolute atomic E-state index is 0.162. The van der Waals surface area contributed by atoms with Crippen LogP contribution in [0.2, 0.25) is 0 Å². The molecular formula is C15H20N4O3. The van der Waals surface area contributed by atoms with Gasteiger partial charge < -0.3 is 15.5 Å². The number of carbonyl (C=O) groups excluding carboxylic acids is 3. The standard InChI is InChI=1S/C15H20N4O3/c1-11-5-2-7-16-13(11)18-15(22)14(21)17-8-4-10-19-9-3-6-12(19)20/h2,5,7H,3-4,6,8-10H2,1H3,(H,17,21)(H,16,18,22). The van der Waals surface area contributed by atoms with Crippen LogP contribution in [0.5, 0.6) is 0 Å². The van der Waals surface area contributed by atoms with Gasteiger partial charge in [-0.3, -0.25) is 14.4 Å². The van der Waals surface area contributed by atoms with E-state index in [-0.39, 0.29) is 5.91 Å². The largest absolute Gasteiger partial charge is 0.348 e. The van der Waals surface area contributed by atoms with Crippen molar-refractivity contribution in [1.82, 2.24) is 15.2 Å². The SMILES string of the molecule is Cc1cccnc1NC(=O)C(=O)NCCCN1CCCC1=O. The first-order chi connectivity index (χ1) is 10.6. The van der Waals surface area contributed by atoms with Crippen LogP contribution in [0, 0.1) is 6.92 Å². The summed E-state index contributed by atoms with van der Waals surface area (Å²) in [5.41, 5.74) is 0.788. The Morgan fingerprint density at radius 3 is 2.86 bits per heavy atom. The summed E-state index contributed by atoms with van der Waals surface area (Å²) in [6.45, 7) is 3.55. The number of likely N-dealkylation sites (tertiary alicyclic amines) is 1. The first kappa shape index (κ1) is 15.9. The number of anilines is 1. The van der Waals surface area contributed by atoms with Crippen LogP contribution in [-0.2, 0) is 14.4 Å². The summed E-state index contributed by atoms with van der Waals surface area (Å²) in [4.78, 5) is 40.6. The maximum atomic E-state index is 11.7. The van der Waals surface area contributed by atoms with Gasteiger partial charge in [-0.2, -0.15) is 0 Å². The van der Waals surface area contributed by atoms with Gasteiger partial charge in [-0.05, 0) is 31.4 Å². The first-order valence-electron chi connectivity index (χ1n) is 7.36. The van der Waals surface area contributed by atoms with Crippen LogP contribution in [0.15, 0.2) is 18.3 Å². The van der Waals surface area contributed by atoms with Crippen LogP contribution < -0.4 is 10.6 Å².